The van der Waals surface area contributed by atoms with Gasteiger partial charge in [-0.3, -0.25) is 0 Å². The fourth-order valence-corrected chi connectivity index (χ4v) is 5.01. The Kier molecular flexibility index (Phi) is 3.26. The van der Waals surface area contributed by atoms with Gasteiger partial charge in [0, 0.05) is 5.94 Å². The fourth-order valence-electron chi connectivity index (χ4n) is 5.01. The minimum Gasteiger partial charge on any atom is -0.404 e. The zero-order valence-electron chi connectivity index (χ0n) is 12.1. The van der Waals surface area contributed by atoms with Gasteiger partial charge in [0.25, 0.3) is 0 Å². The molecule has 2 aliphatic heterocycles. The minimum atomic E-state index is -0.0345. The molecule has 2 saturated heterocycles. The molecule has 1 N–H and O–H groups in total. The van der Waals surface area contributed by atoms with Crippen molar-refractivity contribution in [2.24, 2.45) is 17.3 Å². The molecular formula is C14H25BClNO2. The van der Waals surface area contributed by atoms with E-state index in [-0.39, 0.29) is 25.1 Å². The van der Waals surface area contributed by atoms with Gasteiger partial charge in [-0.25, -0.2) is 0 Å². The summed E-state index contributed by atoms with van der Waals surface area (Å²) in [5, 5.41) is 3.52. The molecule has 108 valence electrons. The van der Waals surface area contributed by atoms with Gasteiger partial charge >= 0.3 is 7.12 Å². The van der Waals surface area contributed by atoms with Crippen LogP contribution in [0.4, 0.5) is 0 Å². The Balaban J connectivity index is 0.00000110. The molecule has 5 aliphatic rings. The molecule has 0 radical (unpaired) electrons. The Morgan fingerprint density at radius 3 is 2.63 bits per heavy atom. The third-order valence-electron chi connectivity index (χ3n) is 6.40. The van der Waals surface area contributed by atoms with E-state index in [2.05, 4.69) is 26.1 Å². The van der Waals surface area contributed by atoms with Crippen molar-refractivity contribution in [3.63, 3.8) is 0 Å². The van der Waals surface area contributed by atoms with Crippen LogP contribution in [-0.4, -0.2) is 31.3 Å². The molecular weight excluding hydrogens is 260 g/mol. The smallest absolute Gasteiger partial charge is 0.404 e. The zero-order valence-corrected chi connectivity index (χ0v) is 13.0. The van der Waals surface area contributed by atoms with Gasteiger partial charge in [0.05, 0.1) is 11.7 Å². The predicted molar refractivity (Wildman–Crippen MR) is 78.4 cm³/mol. The predicted octanol–water partition coefficient (Wildman–Crippen LogP) is 2.43. The minimum absolute atomic E-state index is 0. The molecule has 5 fully saturated rings. The van der Waals surface area contributed by atoms with Crippen LogP contribution in [0.15, 0.2) is 0 Å². The van der Waals surface area contributed by atoms with Crippen LogP contribution in [0.5, 0.6) is 0 Å². The lowest BCUT2D eigenvalue weighted by Gasteiger charge is -2.64. The summed E-state index contributed by atoms with van der Waals surface area (Å²) in [5.74, 6) is 1.95. The third kappa shape index (κ3) is 1.76. The van der Waals surface area contributed by atoms with Gasteiger partial charge in [0.15, 0.2) is 0 Å². The Labute approximate surface area is 122 Å². The van der Waals surface area contributed by atoms with E-state index in [9.17, 15) is 0 Å². The van der Waals surface area contributed by atoms with E-state index in [4.69, 9.17) is 9.31 Å². The maximum atomic E-state index is 6.44. The molecule has 5 rings (SSSR count). The summed E-state index contributed by atoms with van der Waals surface area (Å²) < 4.78 is 12.7. The van der Waals surface area contributed by atoms with Crippen molar-refractivity contribution in [1.82, 2.24) is 5.32 Å². The highest BCUT2D eigenvalue weighted by atomic mass is 35.5. The molecule has 3 aliphatic carbocycles. The Morgan fingerprint density at radius 2 is 2.00 bits per heavy atom. The number of rotatable bonds is 1. The van der Waals surface area contributed by atoms with Crippen molar-refractivity contribution in [2.75, 3.05) is 6.54 Å². The topological polar surface area (TPSA) is 30.5 Å². The summed E-state index contributed by atoms with van der Waals surface area (Å²) in [6.45, 7) is 8.25. The molecule has 0 aromatic carbocycles. The average molecular weight is 286 g/mol. The van der Waals surface area contributed by atoms with Crippen molar-refractivity contribution in [2.45, 2.75) is 64.1 Å². The Bertz CT molecular complexity index is 374. The normalized spacial score (nSPS) is 50.4. The molecule has 0 spiro atoms. The van der Waals surface area contributed by atoms with Crippen LogP contribution in [0.25, 0.3) is 0 Å². The average Bonchev–Trinajstić information content (AvgIpc) is 2.92. The second-order valence-electron chi connectivity index (χ2n) is 7.54. The van der Waals surface area contributed by atoms with Crippen molar-refractivity contribution < 1.29 is 9.31 Å². The molecule has 0 amide bonds. The number of hydrogen-bond acceptors (Lipinski definition) is 3. The highest BCUT2D eigenvalue weighted by Crippen LogP contribution is 2.65. The number of halogens is 1. The largest absolute Gasteiger partial charge is 0.475 e. The molecule has 0 aromatic heterocycles. The van der Waals surface area contributed by atoms with Gasteiger partial charge in [-0.2, -0.15) is 0 Å². The molecule has 2 heterocycles. The molecule has 3 saturated carbocycles. The molecule has 0 aromatic rings. The second kappa shape index (κ2) is 4.36. The van der Waals surface area contributed by atoms with Crippen molar-refractivity contribution in [1.29, 1.82) is 0 Å². The third-order valence-corrected chi connectivity index (χ3v) is 6.40. The number of hydrogen-bond donors (Lipinski definition) is 1. The van der Waals surface area contributed by atoms with Gasteiger partial charge in [-0.05, 0) is 56.4 Å². The first-order chi connectivity index (χ1) is 8.52. The van der Waals surface area contributed by atoms with Crippen LogP contribution in [0.1, 0.15) is 46.5 Å². The van der Waals surface area contributed by atoms with Crippen LogP contribution in [0, 0.1) is 17.3 Å². The van der Waals surface area contributed by atoms with E-state index in [0.717, 1.165) is 12.5 Å². The van der Waals surface area contributed by atoms with Crippen molar-refractivity contribution >= 4 is 19.5 Å². The molecule has 5 atom stereocenters. The fraction of sp³-hybridized carbons (Fsp3) is 1.00. The maximum absolute atomic E-state index is 6.44. The van der Waals surface area contributed by atoms with E-state index >= 15 is 0 Å². The molecule has 3 nitrogen and oxygen atoms in total. The van der Waals surface area contributed by atoms with E-state index in [1.54, 1.807) is 0 Å². The highest BCUT2D eigenvalue weighted by Gasteiger charge is 2.68. The van der Waals surface area contributed by atoms with Gasteiger partial charge in [-0.15, -0.1) is 12.4 Å². The second-order valence-corrected chi connectivity index (χ2v) is 7.54. The quantitative estimate of drug-likeness (QED) is 0.751. The van der Waals surface area contributed by atoms with E-state index < -0.39 is 0 Å². The number of nitrogens with one attached hydrogen (secondary N) is 1. The SMILES string of the molecule is CC1(C)[C@@H]2C[C@H]3OB([C@@H]4CCCN4)O[C@@]3(C)[C@H]1C2.Cl. The summed E-state index contributed by atoms with van der Waals surface area (Å²) in [6.07, 6.45) is 5.33. The Hall–Kier alpha value is 0.235. The van der Waals surface area contributed by atoms with Crippen LogP contribution in [0.3, 0.4) is 0 Å². The van der Waals surface area contributed by atoms with E-state index in [0.29, 0.717) is 23.4 Å². The van der Waals surface area contributed by atoms with Crippen LogP contribution >= 0.6 is 12.4 Å². The lowest BCUT2D eigenvalue weighted by molar-refractivity contribution is -0.199. The van der Waals surface area contributed by atoms with Gasteiger partial charge in [0.2, 0.25) is 0 Å². The van der Waals surface area contributed by atoms with Crippen LogP contribution in [-0.2, 0) is 9.31 Å². The lowest BCUT2D eigenvalue weighted by Crippen LogP contribution is -2.65. The van der Waals surface area contributed by atoms with Crippen LogP contribution in [0.2, 0.25) is 0 Å². The summed E-state index contributed by atoms with van der Waals surface area (Å²) >= 11 is 0. The molecule has 0 unspecified atom stereocenters. The first-order valence-corrected chi connectivity index (χ1v) is 7.58. The van der Waals surface area contributed by atoms with Gasteiger partial charge in [-0.1, -0.05) is 13.8 Å². The molecule has 2 bridgehead atoms. The van der Waals surface area contributed by atoms with E-state index in [1.807, 2.05) is 0 Å². The zero-order chi connectivity index (χ0) is 12.5. The summed E-state index contributed by atoms with van der Waals surface area (Å²) in [4.78, 5) is 0. The first kappa shape index (κ1) is 14.2. The highest BCUT2D eigenvalue weighted by molar-refractivity contribution is 6.47. The van der Waals surface area contributed by atoms with E-state index in [1.165, 1.54) is 25.7 Å². The molecule has 5 heteroatoms. The summed E-state index contributed by atoms with van der Waals surface area (Å²) in [6, 6.07) is 0. The molecule has 19 heavy (non-hydrogen) atoms. The Morgan fingerprint density at radius 1 is 1.21 bits per heavy atom. The van der Waals surface area contributed by atoms with Gasteiger partial charge in [0.1, 0.15) is 0 Å². The lowest BCUT2D eigenvalue weighted by atomic mass is 9.43. The van der Waals surface area contributed by atoms with Gasteiger partial charge < -0.3 is 14.6 Å². The first-order valence-electron chi connectivity index (χ1n) is 7.58. The summed E-state index contributed by atoms with van der Waals surface area (Å²) in [7, 11) is -0.00218. The maximum Gasteiger partial charge on any atom is 0.475 e. The van der Waals surface area contributed by atoms with Crippen molar-refractivity contribution in [3.8, 4) is 0 Å². The standard InChI is InChI=1S/C14H24BNO2.ClH/c1-13(2)9-7-10(13)14(3)11(8-9)17-15(18-14)12-5-4-6-16-12;/h9-12,16H,4-8H2,1-3H3;1H/t9-,10-,11+,12-,14-;/m0./s1. The summed E-state index contributed by atoms with van der Waals surface area (Å²) in [5.41, 5.74) is 0.416. The van der Waals surface area contributed by atoms with Crippen molar-refractivity contribution in [3.05, 3.63) is 0 Å². The van der Waals surface area contributed by atoms with Crippen LogP contribution < -0.4 is 5.32 Å². The monoisotopic (exact) mass is 285 g/mol.